The van der Waals surface area contributed by atoms with Gasteiger partial charge >= 0.3 is 0 Å². The third-order valence-electron chi connectivity index (χ3n) is 2.43. The molecule has 2 rings (SSSR count). The molecular weight excluding hydrogens is 328 g/mol. The lowest BCUT2D eigenvalue weighted by molar-refractivity contribution is -0.114. The van der Waals surface area contributed by atoms with Crippen LogP contribution < -0.4 is 10.6 Å². The molecule has 0 atom stereocenters. The van der Waals surface area contributed by atoms with Crippen molar-refractivity contribution in [3.8, 4) is 0 Å². The molecule has 0 saturated heterocycles. The lowest BCUT2D eigenvalue weighted by atomic mass is 10.3. The van der Waals surface area contributed by atoms with E-state index in [0.717, 1.165) is 15.8 Å². The first kappa shape index (κ1) is 13.9. The van der Waals surface area contributed by atoms with Crippen molar-refractivity contribution < 1.29 is 4.79 Å². The fourth-order valence-corrected chi connectivity index (χ4v) is 2.01. The van der Waals surface area contributed by atoms with Gasteiger partial charge in [0.05, 0.1) is 11.6 Å². The van der Waals surface area contributed by atoms with E-state index >= 15 is 0 Å². The fraction of sp³-hybridized carbons (Fsp3) is 0.0714. The summed E-state index contributed by atoms with van der Waals surface area (Å²) in [4.78, 5) is 11.7. The molecule has 19 heavy (non-hydrogen) atoms. The highest BCUT2D eigenvalue weighted by atomic mass is 79.9. The van der Waals surface area contributed by atoms with Crippen molar-refractivity contribution in [3.63, 3.8) is 0 Å². The second-order valence-corrected chi connectivity index (χ2v) is 5.16. The van der Waals surface area contributed by atoms with E-state index in [1.165, 1.54) is 0 Å². The Balaban J connectivity index is 1.88. The van der Waals surface area contributed by atoms with Crippen LogP contribution in [0, 0.1) is 0 Å². The first-order valence-electron chi connectivity index (χ1n) is 5.69. The fourth-order valence-electron chi connectivity index (χ4n) is 1.52. The molecule has 98 valence electrons. The first-order valence-corrected chi connectivity index (χ1v) is 6.86. The van der Waals surface area contributed by atoms with Gasteiger partial charge in [0.25, 0.3) is 0 Å². The van der Waals surface area contributed by atoms with E-state index in [-0.39, 0.29) is 12.5 Å². The standard InChI is InChI=1S/C14H12BrClN2O/c15-12-8-11(6-7-13(12)16)17-9-14(19)18-10-4-2-1-3-5-10/h1-8,17H,9H2,(H,18,19). The summed E-state index contributed by atoms with van der Waals surface area (Å²) in [7, 11) is 0. The summed E-state index contributed by atoms with van der Waals surface area (Å²) in [5, 5.41) is 6.47. The van der Waals surface area contributed by atoms with Crippen LogP contribution >= 0.6 is 27.5 Å². The number of benzene rings is 2. The Kier molecular flexibility index (Phi) is 4.82. The molecule has 0 radical (unpaired) electrons. The number of nitrogens with one attached hydrogen (secondary N) is 2. The van der Waals surface area contributed by atoms with E-state index in [1.54, 1.807) is 6.07 Å². The van der Waals surface area contributed by atoms with E-state index < -0.39 is 0 Å². The zero-order valence-corrected chi connectivity index (χ0v) is 12.3. The summed E-state index contributed by atoms with van der Waals surface area (Å²) in [6.07, 6.45) is 0. The van der Waals surface area contributed by atoms with E-state index in [2.05, 4.69) is 26.6 Å². The quantitative estimate of drug-likeness (QED) is 0.878. The van der Waals surface area contributed by atoms with Crippen molar-refractivity contribution in [2.75, 3.05) is 17.2 Å². The average Bonchev–Trinajstić information content (AvgIpc) is 2.41. The van der Waals surface area contributed by atoms with Crippen molar-refractivity contribution in [2.24, 2.45) is 0 Å². The van der Waals surface area contributed by atoms with Crippen molar-refractivity contribution in [1.82, 2.24) is 0 Å². The van der Waals surface area contributed by atoms with E-state index in [9.17, 15) is 4.79 Å². The summed E-state index contributed by atoms with van der Waals surface area (Å²) in [5.41, 5.74) is 1.62. The van der Waals surface area contributed by atoms with E-state index in [0.29, 0.717) is 5.02 Å². The van der Waals surface area contributed by atoms with Gasteiger partial charge < -0.3 is 10.6 Å². The van der Waals surface area contributed by atoms with Gasteiger partial charge in [-0.25, -0.2) is 0 Å². The molecule has 0 unspecified atom stereocenters. The number of para-hydroxylation sites is 1. The smallest absolute Gasteiger partial charge is 0.243 e. The molecule has 0 spiro atoms. The number of halogens is 2. The molecule has 0 aliphatic heterocycles. The maximum Gasteiger partial charge on any atom is 0.243 e. The van der Waals surface area contributed by atoms with Crippen LogP contribution in [0.2, 0.25) is 5.02 Å². The maximum atomic E-state index is 11.7. The molecule has 5 heteroatoms. The van der Waals surface area contributed by atoms with Crippen LogP contribution in [0.3, 0.4) is 0 Å². The number of carbonyl (C=O) groups excluding carboxylic acids is 1. The van der Waals surface area contributed by atoms with Crippen LogP contribution in [0.5, 0.6) is 0 Å². The normalized spacial score (nSPS) is 10.0. The maximum absolute atomic E-state index is 11.7. The highest BCUT2D eigenvalue weighted by molar-refractivity contribution is 9.10. The molecule has 0 bridgehead atoms. The van der Waals surface area contributed by atoms with Gasteiger partial charge in [0.2, 0.25) is 5.91 Å². The Labute approximate surface area is 125 Å². The predicted molar refractivity (Wildman–Crippen MR) is 82.7 cm³/mol. The summed E-state index contributed by atoms with van der Waals surface area (Å²) in [6.45, 7) is 0.197. The zero-order chi connectivity index (χ0) is 13.7. The van der Waals surface area contributed by atoms with Crippen LogP contribution in [0.25, 0.3) is 0 Å². The summed E-state index contributed by atoms with van der Waals surface area (Å²) < 4.78 is 0.794. The van der Waals surface area contributed by atoms with Gasteiger partial charge in [-0.3, -0.25) is 4.79 Å². The van der Waals surface area contributed by atoms with E-state index in [1.807, 2.05) is 42.5 Å². The average molecular weight is 340 g/mol. The molecule has 0 heterocycles. The molecule has 1 amide bonds. The lowest BCUT2D eigenvalue weighted by Gasteiger charge is -2.08. The van der Waals surface area contributed by atoms with Crippen LogP contribution in [-0.2, 0) is 4.79 Å². The van der Waals surface area contributed by atoms with Gasteiger partial charge in [-0.15, -0.1) is 0 Å². The number of rotatable bonds is 4. The van der Waals surface area contributed by atoms with Crippen LogP contribution in [0.1, 0.15) is 0 Å². The summed E-state index contributed by atoms with van der Waals surface area (Å²) in [6, 6.07) is 14.8. The minimum atomic E-state index is -0.0997. The number of hydrogen-bond acceptors (Lipinski definition) is 2. The molecule has 2 N–H and O–H groups in total. The van der Waals surface area contributed by atoms with Gasteiger partial charge in [-0.2, -0.15) is 0 Å². The Morgan fingerprint density at radius 1 is 1.11 bits per heavy atom. The molecule has 2 aromatic rings. The predicted octanol–water partition coefficient (Wildman–Crippen LogP) is 4.15. The zero-order valence-electron chi connectivity index (χ0n) is 9.99. The minimum absolute atomic E-state index is 0.0997. The minimum Gasteiger partial charge on any atom is -0.376 e. The van der Waals surface area contributed by atoms with Gasteiger partial charge in [-0.1, -0.05) is 29.8 Å². The Morgan fingerprint density at radius 3 is 2.53 bits per heavy atom. The Bertz CT molecular complexity index is 575. The van der Waals surface area contributed by atoms with Crippen molar-refractivity contribution in [3.05, 3.63) is 58.0 Å². The molecule has 2 aromatic carbocycles. The largest absolute Gasteiger partial charge is 0.376 e. The van der Waals surface area contributed by atoms with Crippen LogP contribution in [0.15, 0.2) is 53.0 Å². The highest BCUT2D eigenvalue weighted by Crippen LogP contribution is 2.25. The topological polar surface area (TPSA) is 41.1 Å². The third-order valence-corrected chi connectivity index (χ3v) is 3.64. The summed E-state index contributed by atoms with van der Waals surface area (Å²) in [5.74, 6) is -0.0997. The second kappa shape index (κ2) is 6.59. The molecule has 0 saturated carbocycles. The number of amides is 1. The monoisotopic (exact) mass is 338 g/mol. The van der Waals surface area contributed by atoms with Crippen LogP contribution in [0.4, 0.5) is 11.4 Å². The van der Waals surface area contributed by atoms with Crippen molar-refractivity contribution >= 4 is 44.8 Å². The summed E-state index contributed by atoms with van der Waals surface area (Å²) >= 11 is 9.23. The number of anilines is 2. The number of hydrogen-bond donors (Lipinski definition) is 2. The molecular formula is C14H12BrClN2O. The molecule has 0 fully saturated rings. The van der Waals surface area contributed by atoms with Gasteiger partial charge in [0, 0.05) is 15.8 Å². The van der Waals surface area contributed by atoms with Gasteiger partial charge in [0.1, 0.15) is 0 Å². The highest BCUT2D eigenvalue weighted by Gasteiger charge is 2.03. The Hall–Kier alpha value is -1.52. The SMILES string of the molecule is O=C(CNc1ccc(Cl)c(Br)c1)Nc1ccccc1. The van der Waals surface area contributed by atoms with Crippen LogP contribution in [-0.4, -0.2) is 12.5 Å². The van der Waals surface area contributed by atoms with Crippen molar-refractivity contribution in [2.45, 2.75) is 0 Å². The molecule has 0 aliphatic rings. The molecule has 3 nitrogen and oxygen atoms in total. The van der Waals surface area contributed by atoms with Gasteiger partial charge in [-0.05, 0) is 46.3 Å². The molecule has 0 aliphatic carbocycles. The third kappa shape index (κ3) is 4.26. The lowest BCUT2D eigenvalue weighted by Crippen LogP contribution is -2.21. The van der Waals surface area contributed by atoms with E-state index in [4.69, 9.17) is 11.6 Å². The molecule has 0 aromatic heterocycles. The number of carbonyl (C=O) groups is 1. The first-order chi connectivity index (χ1) is 9.15. The van der Waals surface area contributed by atoms with Crippen molar-refractivity contribution in [1.29, 1.82) is 0 Å². The Morgan fingerprint density at radius 2 is 1.84 bits per heavy atom. The second-order valence-electron chi connectivity index (χ2n) is 3.90. The van der Waals surface area contributed by atoms with Gasteiger partial charge in [0.15, 0.2) is 0 Å².